The lowest BCUT2D eigenvalue weighted by molar-refractivity contribution is 0.100. The van der Waals surface area contributed by atoms with Gasteiger partial charge in [0.05, 0.1) is 12.8 Å². The van der Waals surface area contributed by atoms with Crippen LogP contribution in [0.25, 0.3) is 11.3 Å². The van der Waals surface area contributed by atoms with Crippen molar-refractivity contribution in [2.24, 2.45) is 0 Å². The molecule has 100 valence electrons. The molecule has 0 unspecified atom stereocenters. The zero-order valence-electron chi connectivity index (χ0n) is 11.7. The van der Waals surface area contributed by atoms with E-state index < -0.39 is 0 Å². The van der Waals surface area contributed by atoms with Crippen LogP contribution in [-0.2, 0) is 6.42 Å². The second-order valence-corrected chi connectivity index (χ2v) is 4.50. The molecule has 19 heavy (non-hydrogen) atoms. The maximum Gasteiger partial charge on any atom is 0.195 e. The Labute approximate surface area is 112 Å². The van der Waals surface area contributed by atoms with Crippen LogP contribution in [0, 0.1) is 6.92 Å². The highest BCUT2D eigenvalue weighted by molar-refractivity contribution is 5.91. The number of hydrogen-bond acceptors (Lipinski definition) is 3. The molecule has 0 spiro atoms. The number of aromatic amines is 1. The fourth-order valence-corrected chi connectivity index (χ4v) is 2.11. The minimum Gasteiger partial charge on any atom is -0.496 e. The zero-order valence-corrected chi connectivity index (χ0v) is 11.7. The lowest BCUT2D eigenvalue weighted by Crippen LogP contribution is -1.94. The van der Waals surface area contributed by atoms with Crippen LogP contribution in [-0.4, -0.2) is 22.9 Å². The standard InChI is InChI=1S/C15H18N2O2/c1-5-11-8-12(6-7-13(11)19-4)14-9(2)16-15(17-14)10(3)18/h6-8H,5H2,1-4H3,(H,16,17). The van der Waals surface area contributed by atoms with Crippen LogP contribution >= 0.6 is 0 Å². The third-order valence-electron chi connectivity index (χ3n) is 3.15. The van der Waals surface area contributed by atoms with Gasteiger partial charge < -0.3 is 9.72 Å². The summed E-state index contributed by atoms with van der Waals surface area (Å²) in [7, 11) is 1.67. The maximum absolute atomic E-state index is 11.4. The maximum atomic E-state index is 11.4. The van der Waals surface area contributed by atoms with E-state index in [1.54, 1.807) is 7.11 Å². The fourth-order valence-electron chi connectivity index (χ4n) is 2.11. The van der Waals surface area contributed by atoms with E-state index in [-0.39, 0.29) is 5.78 Å². The number of rotatable bonds is 4. The Morgan fingerprint density at radius 2 is 2.16 bits per heavy atom. The number of imidazole rings is 1. The van der Waals surface area contributed by atoms with Crippen molar-refractivity contribution in [3.63, 3.8) is 0 Å². The van der Waals surface area contributed by atoms with Gasteiger partial charge in [0.25, 0.3) is 0 Å². The van der Waals surface area contributed by atoms with E-state index in [1.807, 2.05) is 19.1 Å². The van der Waals surface area contributed by atoms with Gasteiger partial charge in [0.15, 0.2) is 11.6 Å². The minimum atomic E-state index is -0.0569. The monoisotopic (exact) mass is 258 g/mol. The number of aryl methyl sites for hydroxylation is 2. The number of methoxy groups -OCH3 is 1. The molecule has 0 fully saturated rings. The Morgan fingerprint density at radius 3 is 2.68 bits per heavy atom. The predicted molar refractivity (Wildman–Crippen MR) is 74.7 cm³/mol. The number of ether oxygens (including phenoxy) is 1. The van der Waals surface area contributed by atoms with Gasteiger partial charge in [-0.05, 0) is 37.1 Å². The molecule has 1 N–H and O–H groups in total. The Kier molecular flexibility index (Phi) is 3.69. The Hall–Kier alpha value is -2.10. The van der Waals surface area contributed by atoms with E-state index in [4.69, 9.17) is 4.74 Å². The van der Waals surface area contributed by atoms with Crippen molar-refractivity contribution in [1.29, 1.82) is 0 Å². The third-order valence-corrected chi connectivity index (χ3v) is 3.15. The van der Waals surface area contributed by atoms with Crippen LogP contribution in [0.5, 0.6) is 5.75 Å². The van der Waals surface area contributed by atoms with Gasteiger partial charge in [0.2, 0.25) is 0 Å². The number of nitrogens with one attached hydrogen (secondary N) is 1. The summed E-state index contributed by atoms with van der Waals surface area (Å²) in [4.78, 5) is 18.7. The van der Waals surface area contributed by atoms with Gasteiger partial charge in [-0.15, -0.1) is 0 Å². The molecule has 0 atom stereocenters. The average Bonchev–Trinajstić information content (AvgIpc) is 2.80. The van der Waals surface area contributed by atoms with Gasteiger partial charge in [-0.3, -0.25) is 4.79 Å². The molecule has 0 aliphatic heterocycles. The molecule has 0 amide bonds. The normalized spacial score (nSPS) is 10.5. The number of benzene rings is 1. The first-order valence-electron chi connectivity index (χ1n) is 6.31. The van der Waals surface area contributed by atoms with Crippen LogP contribution in [0.2, 0.25) is 0 Å². The van der Waals surface area contributed by atoms with Crippen LogP contribution in [0.4, 0.5) is 0 Å². The van der Waals surface area contributed by atoms with Crippen molar-refractivity contribution in [3.8, 4) is 17.0 Å². The van der Waals surface area contributed by atoms with Gasteiger partial charge in [-0.1, -0.05) is 6.92 Å². The van der Waals surface area contributed by atoms with Crippen molar-refractivity contribution in [2.75, 3.05) is 7.11 Å². The second-order valence-electron chi connectivity index (χ2n) is 4.50. The lowest BCUT2D eigenvalue weighted by atomic mass is 10.0. The lowest BCUT2D eigenvalue weighted by Gasteiger charge is -2.08. The highest BCUT2D eigenvalue weighted by atomic mass is 16.5. The average molecular weight is 258 g/mol. The fraction of sp³-hybridized carbons (Fsp3) is 0.333. The number of ketones is 1. The highest BCUT2D eigenvalue weighted by Crippen LogP contribution is 2.27. The summed E-state index contributed by atoms with van der Waals surface area (Å²) in [5.41, 5.74) is 3.85. The molecule has 1 aromatic carbocycles. The van der Waals surface area contributed by atoms with Crippen molar-refractivity contribution in [3.05, 3.63) is 35.3 Å². The van der Waals surface area contributed by atoms with Crippen molar-refractivity contribution >= 4 is 5.78 Å². The topological polar surface area (TPSA) is 55.0 Å². The molecular weight excluding hydrogens is 240 g/mol. The molecule has 4 heteroatoms. The zero-order chi connectivity index (χ0) is 14.0. The van der Waals surface area contributed by atoms with Gasteiger partial charge >= 0.3 is 0 Å². The largest absolute Gasteiger partial charge is 0.496 e. The summed E-state index contributed by atoms with van der Waals surface area (Å²) in [6.07, 6.45) is 0.889. The summed E-state index contributed by atoms with van der Waals surface area (Å²) in [5, 5.41) is 0. The van der Waals surface area contributed by atoms with Crippen LogP contribution in [0.3, 0.4) is 0 Å². The number of Topliss-reactive ketones (excluding diaryl/α,β-unsaturated/α-hetero) is 1. The predicted octanol–water partition coefficient (Wildman–Crippen LogP) is 3.16. The van der Waals surface area contributed by atoms with Crippen molar-refractivity contribution in [2.45, 2.75) is 27.2 Å². The van der Waals surface area contributed by atoms with Crippen molar-refractivity contribution in [1.82, 2.24) is 9.97 Å². The van der Waals surface area contributed by atoms with E-state index in [0.29, 0.717) is 5.82 Å². The molecule has 4 nitrogen and oxygen atoms in total. The number of H-pyrrole nitrogens is 1. The van der Waals surface area contributed by atoms with E-state index >= 15 is 0 Å². The molecular formula is C15H18N2O2. The summed E-state index contributed by atoms with van der Waals surface area (Å²) in [6, 6.07) is 5.97. The molecule has 2 aromatic rings. The number of nitrogens with zero attached hydrogens (tertiary/aromatic N) is 1. The molecule has 0 saturated heterocycles. The SMILES string of the molecule is CCc1cc(-c2nc(C(C)=O)[nH]c2C)ccc1OC. The third kappa shape index (κ3) is 2.52. The molecule has 0 saturated carbocycles. The first-order valence-corrected chi connectivity index (χ1v) is 6.31. The number of aromatic nitrogens is 2. The molecule has 0 aliphatic rings. The molecule has 2 rings (SSSR count). The second kappa shape index (κ2) is 5.26. The van der Waals surface area contributed by atoms with Crippen LogP contribution < -0.4 is 4.74 Å². The molecule has 0 bridgehead atoms. The molecule has 1 aromatic heterocycles. The van der Waals surface area contributed by atoms with Gasteiger partial charge in [-0.25, -0.2) is 4.98 Å². The van der Waals surface area contributed by atoms with Gasteiger partial charge in [-0.2, -0.15) is 0 Å². The highest BCUT2D eigenvalue weighted by Gasteiger charge is 2.13. The Balaban J connectivity index is 2.50. The quantitative estimate of drug-likeness (QED) is 0.857. The summed E-state index contributed by atoms with van der Waals surface area (Å²) >= 11 is 0. The minimum absolute atomic E-state index is 0.0569. The van der Waals surface area contributed by atoms with Gasteiger partial charge in [0.1, 0.15) is 5.75 Å². The number of hydrogen-bond donors (Lipinski definition) is 1. The Bertz CT molecular complexity index is 615. The summed E-state index contributed by atoms with van der Waals surface area (Å²) in [5.74, 6) is 1.23. The van der Waals surface area contributed by atoms with E-state index in [2.05, 4.69) is 23.0 Å². The molecule has 1 heterocycles. The number of carbonyl (C=O) groups is 1. The smallest absolute Gasteiger partial charge is 0.195 e. The van der Waals surface area contributed by atoms with E-state index in [9.17, 15) is 4.79 Å². The van der Waals surface area contributed by atoms with Crippen molar-refractivity contribution < 1.29 is 9.53 Å². The van der Waals surface area contributed by atoms with Crippen LogP contribution in [0.1, 0.15) is 35.7 Å². The summed E-state index contributed by atoms with van der Waals surface area (Å²) < 4.78 is 5.32. The first-order chi connectivity index (χ1) is 9.06. The van der Waals surface area contributed by atoms with E-state index in [0.717, 1.165) is 34.7 Å². The Morgan fingerprint density at radius 1 is 1.42 bits per heavy atom. The summed E-state index contributed by atoms with van der Waals surface area (Å²) in [6.45, 7) is 5.51. The van der Waals surface area contributed by atoms with Gasteiger partial charge in [0, 0.05) is 18.2 Å². The number of carbonyl (C=O) groups excluding carboxylic acids is 1. The first kappa shape index (κ1) is 13.3. The molecule has 0 aliphatic carbocycles. The van der Waals surface area contributed by atoms with Crippen LogP contribution in [0.15, 0.2) is 18.2 Å². The van der Waals surface area contributed by atoms with E-state index in [1.165, 1.54) is 6.92 Å². The molecule has 0 radical (unpaired) electrons.